The van der Waals surface area contributed by atoms with E-state index in [1.807, 2.05) is 20.8 Å². The average molecular weight is 270 g/mol. The van der Waals surface area contributed by atoms with Crippen molar-refractivity contribution in [2.45, 2.75) is 79.3 Å². The molecule has 0 bridgehead atoms. The maximum absolute atomic E-state index is 11.8. The summed E-state index contributed by atoms with van der Waals surface area (Å²) in [4.78, 5) is 11.8. The van der Waals surface area contributed by atoms with Crippen molar-refractivity contribution in [2.24, 2.45) is 5.41 Å². The Morgan fingerprint density at radius 1 is 1.21 bits per heavy atom. The molecule has 0 aromatic rings. The van der Waals surface area contributed by atoms with Crippen molar-refractivity contribution in [2.75, 3.05) is 6.61 Å². The Kier molecular flexibility index (Phi) is 7.72. The number of hydrogen-bond donors (Lipinski definition) is 0. The van der Waals surface area contributed by atoms with E-state index >= 15 is 0 Å². The summed E-state index contributed by atoms with van der Waals surface area (Å²) in [6.45, 7) is 15.1. The monoisotopic (exact) mass is 270 g/mol. The van der Waals surface area contributed by atoms with Crippen LogP contribution in [0.2, 0.25) is 0 Å². The molecule has 0 heterocycles. The van der Waals surface area contributed by atoms with Gasteiger partial charge in [0.1, 0.15) is 0 Å². The molecule has 0 radical (unpaired) electrons. The van der Waals surface area contributed by atoms with Gasteiger partial charge in [0.15, 0.2) is 0 Å². The molecule has 0 aliphatic carbocycles. The highest BCUT2D eigenvalue weighted by atomic mass is 16.5. The number of carbonyl (C=O) groups is 1. The molecule has 3 nitrogen and oxygen atoms in total. The van der Waals surface area contributed by atoms with Crippen molar-refractivity contribution in [3.8, 4) is 0 Å². The summed E-state index contributed by atoms with van der Waals surface area (Å²) < 4.78 is 11.2. The van der Waals surface area contributed by atoms with Gasteiger partial charge >= 0.3 is 0 Å². The third kappa shape index (κ3) is 11.1. The third-order valence-electron chi connectivity index (χ3n) is 2.94. The fourth-order valence-electron chi connectivity index (χ4n) is 1.76. The zero-order valence-corrected chi connectivity index (χ0v) is 13.8. The summed E-state index contributed by atoms with van der Waals surface area (Å²) in [6, 6.07) is 0. The fraction of sp³-hybridized carbons (Fsp3) is 0.933. The van der Waals surface area contributed by atoms with Gasteiger partial charge in [-0.1, -0.05) is 34.1 Å². The van der Waals surface area contributed by atoms with E-state index in [1.165, 1.54) is 0 Å². The lowest BCUT2D eigenvalue weighted by Gasteiger charge is -2.26. The minimum atomic E-state index is -0.450. The molecule has 1 unspecified atom stereocenters. The largest absolute Gasteiger partial charge is 0.471 e. The third-order valence-corrected chi connectivity index (χ3v) is 2.94. The van der Waals surface area contributed by atoms with Gasteiger partial charge in [-0.2, -0.15) is 0 Å². The van der Waals surface area contributed by atoms with E-state index in [1.54, 1.807) is 0 Å². The molecule has 0 saturated heterocycles. The van der Waals surface area contributed by atoms with E-state index in [2.05, 4.69) is 27.7 Å². The van der Waals surface area contributed by atoms with Crippen LogP contribution in [-0.2, 0) is 9.47 Å². The maximum atomic E-state index is 11.8. The molecule has 0 aromatic carbocycles. The van der Waals surface area contributed by atoms with Gasteiger partial charge in [0.05, 0.1) is 6.10 Å². The first kappa shape index (κ1) is 18.5. The van der Waals surface area contributed by atoms with Crippen molar-refractivity contribution in [3.63, 3.8) is 0 Å². The summed E-state index contributed by atoms with van der Waals surface area (Å²) >= 11 is 0. The van der Waals surface area contributed by atoms with Crippen molar-refractivity contribution in [3.05, 3.63) is 0 Å². The standard InChI is InChI=1S/C15H31BO3/c1-8-9-12(2)19-13(17)16-15(6,7)18-11-10-14(3,4)5/h12,16H,8-11H2,1-7H3. The van der Waals surface area contributed by atoms with E-state index in [9.17, 15) is 4.79 Å². The van der Waals surface area contributed by atoms with Crippen LogP contribution in [0.5, 0.6) is 0 Å². The molecule has 0 aliphatic rings. The molecular weight excluding hydrogens is 239 g/mol. The smallest absolute Gasteiger partial charge is 0.296 e. The van der Waals surface area contributed by atoms with E-state index < -0.39 is 5.50 Å². The van der Waals surface area contributed by atoms with Gasteiger partial charge in [0.2, 0.25) is 0 Å². The van der Waals surface area contributed by atoms with Gasteiger partial charge in [-0.25, -0.2) is 0 Å². The number of hydrogen-bond acceptors (Lipinski definition) is 3. The molecule has 0 aliphatic heterocycles. The first-order chi connectivity index (χ1) is 8.56. The van der Waals surface area contributed by atoms with Crippen LogP contribution in [0.3, 0.4) is 0 Å². The highest BCUT2D eigenvalue weighted by Gasteiger charge is 2.27. The van der Waals surface area contributed by atoms with Crippen molar-refractivity contribution in [1.29, 1.82) is 0 Å². The van der Waals surface area contributed by atoms with Crippen molar-refractivity contribution in [1.82, 2.24) is 0 Å². The molecule has 0 rings (SSSR count). The second-order valence-electron chi connectivity index (χ2n) is 7.18. The van der Waals surface area contributed by atoms with Gasteiger partial charge in [-0.05, 0) is 39.0 Å². The molecule has 4 heteroatoms. The Labute approximate surface area is 119 Å². The Balaban J connectivity index is 4.03. The first-order valence-corrected chi connectivity index (χ1v) is 7.39. The lowest BCUT2D eigenvalue weighted by molar-refractivity contribution is 0.0269. The van der Waals surface area contributed by atoms with Crippen LogP contribution in [0.1, 0.15) is 67.7 Å². The van der Waals surface area contributed by atoms with E-state index in [0.29, 0.717) is 13.9 Å². The highest BCUT2D eigenvalue weighted by Crippen LogP contribution is 2.20. The normalized spacial score (nSPS) is 14.1. The number of rotatable bonds is 8. The lowest BCUT2D eigenvalue weighted by Crippen LogP contribution is -2.39. The Hall–Kier alpha value is -0.505. The molecule has 0 saturated carbocycles. The molecule has 0 aromatic heterocycles. The molecule has 112 valence electrons. The molecular formula is C15H31BO3. The van der Waals surface area contributed by atoms with Gasteiger partial charge < -0.3 is 9.47 Å². The quantitative estimate of drug-likeness (QED) is 0.627. The molecule has 1 atom stereocenters. The van der Waals surface area contributed by atoms with Crippen LogP contribution in [0.4, 0.5) is 4.79 Å². The van der Waals surface area contributed by atoms with Gasteiger partial charge in [-0.15, -0.1) is 0 Å². The fourth-order valence-corrected chi connectivity index (χ4v) is 1.76. The summed E-state index contributed by atoms with van der Waals surface area (Å²) in [6.07, 6.45) is 2.93. The van der Waals surface area contributed by atoms with Crippen LogP contribution in [0.15, 0.2) is 0 Å². The topological polar surface area (TPSA) is 35.5 Å². The zero-order valence-electron chi connectivity index (χ0n) is 13.8. The Morgan fingerprint density at radius 3 is 2.26 bits per heavy atom. The van der Waals surface area contributed by atoms with Crippen molar-refractivity contribution >= 4 is 13.1 Å². The van der Waals surface area contributed by atoms with Crippen LogP contribution in [-0.4, -0.2) is 31.4 Å². The maximum Gasteiger partial charge on any atom is 0.296 e. The predicted molar refractivity (Wildman–Crippen MR) is 82.1 cm³/mol. The molecule has 0 N–H and O–H groups in total. The van der Waals surface area contributed by atoms with Crippen molar-refractivity contribution < 1.29 is 14.3 Å². The summed E-state index contributed by atoms with van der Waals surface area (Å²) in [5, 5.41) is 0. The second-order valence-corrected chi connectivity index (χ2v) is 7.18. The zero-order chi connectivity index (χ0) is 15.1. The average Bonchev–Trinajstić information content (AvgIpc) is 2.13. The van der Waals surface area contributed by atoms with Crippen LogP contribution >= 0.6 is 0 Å². The van der Waals surface area contributed by atoms with Crippen LogP contribution in [0, 0.1) is 5.41 Å². The lowest BCUT2D eigenvalue weighted by atomic mass is 9.62. The first-order valence-electron chi connectivity index (χ1n) is 7.39. The Morgan fingerprint density at radius 2 is 1.79 bits per heavy atom. The van der Waals surface area contributed by atoms with Crippen LogP contribution in [0.25, 0.3) is 0 Å². The van der Waals surface area contributed by atoms with Crippen LogP contribution < -0.4 is 0 Å². The Bertz CT molecular complexity index is 269. The SMILES string of the molecule is CCCC(C)OC(=O)BC(C)(C)OCCC(C)(C)C. The summed E-state index contributed by atoms with van der Waals surface area (Å²) in [7, 11) is 0.311. The molecule has 19 heavy (non-hydrogen) atoms. The summed E-state index contributed by atoms with van der Waals surface area (Å²) in [5.41, 5.74) is -0.194. The minimum Gasteiger partial charge on any atom is -0.471 e. The van der Waals surface area contributed by atoms with E-state index in [4.69, 9.17) is 9.47 Å². The predicted octanol–water partition coefficient (Wildman–Crippen LogP) is 3.94. The number of ether oxygens (including phenoxy) is 2. The summed E-state index contributed by atoms with van der Waals surface area (Å²) in [5.74, 6) is -0.165. The van der Waals surface area contributed by atoms with Gasteiger partial charge in [0, 0.05) is 12.1 Å². The number of carbonyl (C=O) groups excluding carboxylic acids is 1. The highest BCUT2D eigenvalue weighted by molar-refractivity contribution is 6.74. The minimum absolute atomic E-state index is 0.00266. The molecule has 0 fully saturated rings. The van der Waals surface area contributed by atoms with Gasteiger partial charge in [-0.3, -0.25) is 4.79 Å². The second kappa shape index (κ2) is 7.93. The molecule has 0 amide bonds. The van der Waals surface area contributed by atoms with Gasteiger partial charge in [0.25, 0.3) is 13.1 Å². The van der Waals surface area contributed by atoms with E-state index in [0.717, 1.165) is 19.3 Å². The van der Waals surface area contributed by atoms with E-state index in [-0.39, 0.29) is 17.4 Å². The molecule has 0 spiro atoms.